The summed E-state index contributed by atoms with van der Waals surface area (Å²) in [6.07, 6.45) is 8.24. The van der Waals surface area contributed by atoms with E-state index in [1.165, 1.54) is 87.3 Å². The standard InChI is InChI=1S/C37H38F5NO/c1-3-5-6-7-24-8-10-26(11-9-24)29-15-19-36(43-23-29)28-13-17-31(34(39)21-28)27-14-18-32(35(40)20-27)37(41,42)44-30-16-12-25(4-2)33(38)22-30/h12-24,26H,3-11H2,1-2H3. The highest BCUT2D eigenvalue weighted by molar-refractivity contribution is 5.70. The Hall–Kier alpha value is -3.74. The molecule has 0 aliphatic heterocycles. The topological polar surface area (TPSA) is 22.1 Å². The van der Waals surface area contributed by atoms with Gasteiger partial charge in [-0.25, -0.2) is 13.2 Å². The van der Waals surface area contributed by atoms with Crippen LogP contribution in [-0.2, 0) is 12.5 Å². The molecule has 1 fully saturated rings. The summed E-state index contributed by atoms with van der Waals surface area (Å²) in [7, 11) is 0. The minimum absolute atomic E-state index is 0.0629. The molecule has 0 bridgehead atoms. The molecular formula is C37H38F5NO. The molecule has 7 heteroatoms. The number of hydrogen-bond donors (Lipinski definition) is 0. The Morgan fingerprint density at radius 3 is 2.16 bits per heavy atom. The molecule has 232 valence electrons. The number of aryl methyl sites for hydroxylation is 1. The van der Waals surface area contributed by atoms with E-state index in [0.717, 1.165) is 24.1 Å². The maximum atomic E-state index is 15.2. The monoisotopic (exact) mass is 607 g/mol. The van der Waals surface area contributed by atoms with Gasteiger partial charge in [0, 0.05) is 23.4 Å². The Labute approximate surface area is 256 Å². The molecule has 0 amide bonds. The number of alkyl halides is 2. The van der Waals surface area contributed by atoms with Crippen LogP contribution < -0.4 is 4.74 Å². The third kappa shape index (κ3) is 7.31. The second-order valence-corrected chi connectivity index (χ2v) is 11.8. The lowest BCUT2D eigenvalue weighted by molar-refractivity contribution is -0.187. The number of halogens is 5. The summed E-state index contributed by atoms with van der Waals surface area (Å²) < 4.78 is 78.5. The lowest BCUT2D eigenvalue weighted by Crippen LogP contribution is -2.23. The van der Waals surface area contributed by atoms with Crippen molar-refractivity contribution in [1.82, 2.24) is 4.98 Å². The van der Waals surface area contributed by atoms with Gasteiger partial charge in [0.05, 0.1) is 11.3 Å². The summed E-state index contributed by atoms with van der Waals surface area (Å²) in [6, 6.07) is 14.8. The minimum Gasteiger partial charge on any atom is -0.429 e. The smallest absolute Gasteiger partial charge is 0.429 e. The summed E-state index contributed by atoms with van der Waals surface area (Å²) in [5, 5.41) is 0. The van der Waals surface area contributed by atoms with Crippen molar-refractivity contribution in [1.29, 1.82) is 0 Å². The molecule has 0 spiro atoms. The van der Waals surface area contributed by atoms with Crippen LogP contribution in [0.3, 0.4) is 0 Å². The predicted molar refractivity (Wildman–Crippen MR) is 164 cm³/mol. The number of aromatic nitrogens is 1. The molecule has 0 radical (unpaired) electrons. The van der Waals surface area contributed by atoms with Crippen LogP contribution in [0.15, 0.2) is 72.9 Å². The Morgan fingerprint density at radius 2 is 1.52 bits per heavy atom. The second kappa shape index (κ2) is 13.9. The Morgan fingerprint density at radius 1 is 0.773 bits per heavy atom. The Bertz CT molecular complexity index is 1560. The molecule has 4 aromatic rings. The normalized spacial score (nSPS) is 17.1. The van der Waals surface area contributed by atoms with E-state index in [4.69, 9.17) is 0 Å². The Kier molecular flexibility index (Phi) is 10.0. The molecular weight excluding hydrogens is 569 g/mol. The fraction of sp³-hybridized carbons (Fsp3) is 0.378. The van der Waals surface area contributed by atoms with Crippen LogP contribution >= 0.6 is 0 Å². The largest absolute Gasteiger partial charge is 0.429 e. The average Bonchev–Trinajstić information content (AvgIpc) is 3.01. The van der Waals surface area contributed by atoms with Crippen LogP contribution in [0.4, 0.5) is 22.0 Å². The van der Waals surface area contributed by atoms with Gasteiger partial charge in [-0.1, -0.05) is 69.9 Å². The second-order valence-electron chi connectivity index (χ2n) is 11.8. The summed E-state index contributed by atoms with van der Waals surface area (Å²) in [4.78, 5) is 4.60. The number of nitrogens with zero attached hydrogens (tertiary/aromatic N) is 1. The van der Waals surface area contributed by atoms with Gasteiger partial charge in [0.1, 0.15) is 23.2 Å². The number of pyridine rings is 1. The van der Waals surface area contributed by atoms with Crippen molar-refractivity contribution in [3.05, 3.63) is 107 Å². The number of ether oxygens (including phenoxy) is 1. The molecule has 1 aliphatic carbocycles. The molecule has 5 rings (SSSR count). The zero-order valence-corrected chi connectivity index (χ0v) is 25.2. The van der Waals surface area contributed by atoms with E-state index in [1.807, 2.05) is 12.3 Å². The molecule has 1 heterocycles. The first-order valence-corrected chi connectivity index (χ1v) is 15.6. The van der Waals surface area contributed by atoms with Crippen molar-refractivity contribution in [3.63, 3.8) is 0 Å². The first-order chi connectivity index (χ1) is 21.2. The molecule has 2 nitrogen and oxygen atoms in total. The zero-order chi connectivity index (χ0) is 31.3. The van der Waals surface area contributed by atoms with E-state index in [0.29, 0.717) is 29.2 Å². The first kappa shape index (κ1) is 31.7. The third-order valence-electron chi connectivity index (χ3n) is 8.83. The fourth-order valence-electron chi connectivity index (χ4n) is 6.19. The van der Waals surface area contributed by atoms with Crippen LogP contribution in [0.5, 0.6) is 5.75 Å². The highest BCUT2D eigenvalue weighted by Crippen LogP contribution is 2.39. The fourth-order valence-corrected chi connectivity index (χ4v) is 6.19. The lowest BCUT2D eigenvalue weighted by Gasteiger charge is -2.28. The van der Waals surface area contributed by atoms with E-state index in [2.05, 4.69) is 22.7 Å². The quantitative estimate of drug-likeness (QED) is 0.125. The first-order valence-electron chi connectivity index (χ1n) is 15.6. The van der Waals surface area contributed by atoms with E-state index >= 15 is 4.39 Å². The van der Waals surface area contributed by atoms with Gasteiger partial charge >= 0.3 is 6.11 Å². The number of unbranched alkanes of at least 4 members (excludes halogenated alkanes) is 2. The molecule has 0 unspecified atom stereocenters. The van der Waals surface area contributed by atoms with Crippen molar-refractivity contribution in [2.45, 2.75) is 83.7 Å². The molecule has 0 atom stereocenters. The van der Waals surface area contributed by atoms with Gasteiger partial charge in [0.15, 0.2) is 0 Å². The van der Waals surface area contributed by atoms with E-state index in [-0.39, 0.29) is 11.1 Å². The molecule has 0 N–H and O–H groups in total. The summed E-state index contributed by atoms with van der Waals surface area (Å²) in [5.41, 5.74) is 1.86. The van der Waals surface area contributed by atoms with Crippen LogP contribution in [0, 0.1) is 23.4 Å². The highest BCUT2D eigenvalue weighted by Gasteiger charge is 2.38. The maximum absolute atomic E-state index is 15.2. The van der Waals surface area contributed by atoms with Crippen LogP contribution in [0.2, 0.25) is 0 Å². The minimum atomic E-state index is -4.07. The molecule has 1 saturated carbocycles. The summed E-state index contributed by atoms with van der Waals surface area (Å²) in [6.45, 7) is 3.97. The van der Waals surface area contributed by atoms with Crippen LogP contribution in [0.1, 0.15) is 87.8 Å². The van der Waals surface area contributed by atoms with Gasteiger partial charge in [0.25, 0.3) is 0 Å². The predicted octanol–water partition coefficient (Wildman–Crippen LogP) is 11.4. The van der Waals surface area contributed by atoms with Gasteiger partial charge in [-0.05, 0) is 91.0 Å². The van der Waals surface area contributed by atoms with Crippen molar-refractivity contribution < 1.29 is 26.7 Å². The van der Waals surface area contributed by atoms with E-state index < -0.39 is 34.9 Å². The molecule has 44 heavy (non-hydrogen) atoms. The van der Waals surface area contributed by atoms with Gasteiger partial charge < -0.3 is 4.74 Å². The van der Waals surface area contributed by atoms with E-state index in [9.17, 15) is 17.6 Å². The van der Waals surface area contributed by atoms with Crippen molar-refractivity contribution in [2.24, 2.45) is 5.92 Å². The molecule has 1 aromatic heterocycles. The van der Waals surface area contributed by atoms with Crippen molar-refractivity contribution in [2.75, 3.05) is 0 Å². The Balaban J connectivity index is 1.25. The third-order valence-corrected chi connectivity index (χ3v) is 8.83. The number of rotatable bonds is 11. The van der Waals surface area contributed by atoms with Crippen molar-refractivity contribution in [3.8, 4) is 28.1 Å². The van der Waals surface area contributed by atoms with Crippen LogP contribution in [-0.4, -0.2) is 4.98 Å². The summed E-state index contributed by atoms with van der Waals surface area (Å²) in [5.74, 6) is -1.68. The lowest BCUT2D eigenvalue weighted by atomic mass is 9.77. The highest BCUT2D eigenvalue weighted by atomic mass is 19.3. The van der Waals surface area contributed by atoms with Crippen molar-refractivity contribution >= 4 is 0 Å². The van der Waals surface area contributed by atoms with Gasteiger partial charge in [-0.2, -0.15) is 8.78 Å². The molecule has 1 aliphatic rings. The van der Waals surface area contributed by atoms with E-state index in [1.54, 1.807) is 13.0 Å². The number of benzene rings is 3. The maximum Gasteiger partial charge on any atom is 0.429 e. The van der Waals surface area contributed by atoms with Gasteiger partial charge in [-0.3, -0.25) is 4.98 Å². The van der Waals surface area contributed by atoms with Gasteiger partial charge in [-0.15, -0.1) is 0 Å². The SMILES string of the molecule is CCCCCC1CCC(c2ccc(-c3ccc(-c4ccc(C(F)(F)Oc5ccc(CC)c(F)c5)c(F)c4)c(F)c3)nc2)CC1. The van der Waals surface area contributed by atoms with Gasteiger partial charge in [0.2, 0.25) is 0 Å². The zero-order valence-electron chi connectivity index (χ0n) is 25.2. The molecule has 3 aromatic carbocycles. The average molecular weight is 608 g/mol. The molecule has 0 saturated heterocycles. The summed E-state index contributed by atoms with van der Waals surface area (Å²) >= 11 is 0. The van der Waals surface area contributed by atoms with Crippen LogP contribution in [0.25, 0.3) is 22.4 Å². The number of hydrogen-bond acceptors (Lipinski definition) is 2.